The zero-order valence-corrected chi connectivity index (χ0v) is 12.3. The minimum Gasteiger partial charge on any atom is -0.264 e. The van der Waals surface area contributed by atoms with Crippen LogP contribution in [0.25, 0.3) is 0 Å². The monoisotopic (exact) mass is 310 g/mol. The average molecular weight is 310 g/mol. The van der Waals surface area contributed by atoms with Crippen LogP contribution in [0.2, 0.25) is 0 Å². The van der Waals surface area contributed by atoms with E-state index in [1.54, 1.807) is 26.0 Å². The van der Waals surface area contributed by atoms with Crippen LogP contribution < -0.4 is 5.14 Å². The first-order valence-corrected chi connectivity index (χ1v) is 7.55. The van der Waals surface area contributed by atoms with Crippen molar-refractivity contribution >= 4 is 15.7 Å². The number of hydrogen-bond acceptors (Lipinski definition) is 5. The molecule has 0 saturated heterocycles. The second-order valence-corrected chi connectivity index (χ2v) is 6.12. The van der Waals surface area contributed by atoms with Crippen molar-refractivity contribution in [3.63, 3.8) is 0 Å². The van der Waals surface area contributed by atoms with Gasteiger partial charge in [-0.25, -0.2) is 13.6 Å². The first-order valence-electron chi connectivity index (χ1n) is 6.00. The van der Waals surface area contributed by atoms with Crippen LogP contribution in [0.1, 0.15) is 17.0 Å². The Balaban J connectivity index is 2.35. The number of primary sulfonamides is 1. The molecule has 0 atom stereocenters. The third kappa shape index (κ3) is 3.09. The van der Waals surface area contributed by atoms with Crippen LogP contribution >= 0.6 is 0 Å². The molecular formula is C12H14N4O4S. The number of nitro benzene ring substituents is 1. The van der Waals surface area contributed by atoms with E-state index in [9.17, 15) is 18.5 Å². The summed E-state index contributed by atoms with van der Waals surface area (Å²) in [4.78, 5) is 10.1. The highest BCUT2D eigenvalue weighted by Gasteiger charge is 2.21. The highest BCUT2D eigenvalue weighted by molar-refractivity contribution is 7.89. The second-order valence-electron chi connectivity index (χ2n) is 4.63. The number of hydrogen-bond donors (Lipinski definition) is 1. The van der Waals surface area contributed by atoms with E-state index in [4.69, 9.17) is 5.14 Å². The van der Waals surface area contributed by atoms with Gasteiger partial charge in [-0.05, 0) is 19.4 Å². The minimum atomic E-state index is -3.83. The Morgan fingerprint density at radius 3 is 2.29 bits per heavy atom. The SMILES string of the molecule is Cc1nn(Cc2ccc([N+](=O)[O-])cc2)c(C)c1S(N)(=O)=O. The van der Waals surface area contributed by atoms with Gasteiger partial charge < -0.3 is 0 Å². The number of aryl methyl sites for hydroxylation is 1. The van der Waals surface area contributed by atoms with Crippen molar-refractivity contribution in [3.8, 4) is 0 Å². The number of rotatable bonds is 4. The predicted octanol–water partition coefficient (Wildman–Crippen LogP) is 1.10. The third-order valence-corrected chi connectivity index (χ3v) is 4.24. The summed E-state index contributed by atoms with van der Waals surface area (Å²) in [7, 11) is -3.83. The van der Waals surface area contributed by atoms with Gasteiger partial charge in [-0.2, -0.15) is 5.10 Å². The van der Waals surface area contributed by atoms with Crippen molar-refractivity contribution in [2.75, 3.05) is 0 Å². The average Bonchev–Trinajstić information content (AvgIpc) is 2.64. The Morgan fingerprint density at radius 1 is 1.29 bits per heavy atom. The molecule has 1 aromatic carbocycles. The molecule has 2 rings (SSSR count). The number of sulfonamides is 1. The van der Waals surface area contributed by atoms with Crippen LogP contribution in [0.3, 0.4) is 0 Å². The van der Waals surface area contributed by atoms with Crippen molar-refractivity contribution < 1.29 is 13.3 Å². The number of nitrogens with two attached hydrogens (primary N) is 1. The van der Waals surface area contributed by atoms with E-state index in [-0.39, 0.29) is 10.6 Å². The number of nitrogens with zero attached hydrogens (tertiary/aromatic N) is 3. The molecule has 21 heavy (non-hydrogen) atoms. The molecule has 0 aliphatic carbocycles. The standard InChI is InChI=1S/C12H14N4O4S/c1-8-12(21(13,19)20)9(2)15(14-8)7-10-3-5-11(6-4-10)16(17)18/h3-6H,7H2,1-2H3,(H2,13,19,20). The first kappa shape index (κ1) is 15.1. The lowest BCUT2D eigenvalue weighted by Gasteiger charge is -2.05. The number of aromatic nitrogens is 2. The molecule has 0 unspecified atom stereocenters. The Kier molecular flexibility index (Phi) is 3.79. The molecule has 2 N–H and O–H groups in total. The van der Waals surface area contributed by atoms with Gasteiger partial charge in [0.1, 0.15) is 4.90 Å². The van der Waals surface area contributed by atoms with E-state index in [0.717, 1.165) is 5.56 Å². The molecule has 0 radical (unpaired) electrons. The third-order valence-electron chi connectivity index (χ3n) is 3.08. The molecule has 2 aromatic rings. The van der Waals surface area contributed by atoms with Crippen molar-refractivity contribution in [2.45, 2.75) is 25.3 Å². The van der Waals surface area contributed by atoms with Gasteiger partial charge in [-0.15, -0.1) is 0 Å². The van der Waals surface area contributed by atoms with Gasteiger partial charge in [0.05, 0.1) is 22.9 Å². The number of nitro groups is 1. The van der Waals surface area contributed by atoms with Gasteiger partial charge in [0, 0.05) is 12.1 Å². The number of benzene rings is 1. The summed E-state index contributed by atoms with van der Waals surface area (Å²) in [6, 6.07) is 5.99. The quantitative estimate of drug-likeness (QED) is 0.669. The Labute approximate surface area is 121 Å². The van der Waals surface area contributed by atoms with Crippen LogP contribution in [-0.4, -0.2) is 23.1 Å². The predicted molar refractivity (Wildman–Crippen MR) is 75.3 cm³/mol. The summed E-state index contributed by atoms with van der Waals surface area (Å²) >= 11 is 0. The molecule has 9 heteroatoms. The molecular weight excluding hydrogens is 296 g/mol. The molecule has 0 spiro atoms. The largest absolute Gasteiger partial charge is 0.269 e. The smallest absolute Gasteiger partial charge is 0.264 e. The minimum absolute atomic E-state index is 0.00246. The zero-order chi connectivity index (χ0) is 15.8. The van der Waals surface area contributed by atoms with Crippen LogP contribution in [0.4, 0.5) is 5.69 Å². The van der Waals surface area contributed by atoms with Crippen LogP contribution in [0.5, 0.6) is 0 Å². The lowest BCUT2D eigenvalue weighted by atomic mass is 10.2. The normalized spacial score (nSPS) is 11.6. The molecule has 1 aromatic heterocycles. The molecule has 112 valence electrons. The van der Waals surface area contributed by atoms with Crippen LogP contribution in [0.15, 0.2) is 29.2 Å². The lowest BCUT2D eigenvalue weighted by molar-refractivity contribution is -0.384. The maximum absolute atomic E-state index is 11.5. The van der Waals surface area contributed by atoms with Gasteiger partial charge in [0.25, 0.3) is 5.69 Å². The summed E-state index contributed by atoms with van der Waals surface area (Å²) in [5.74, 6) is 0. The molecule has 0 aliphatic rings. The molecule has 1 heterocycles. The van der Waals surface area contributed by atoms with E-state index in [0.29, 0.717) is 17.9 Å². The maximum atomic E-state index is 11.5. The van der Waals surface area contributed by atoms with Gasteiger partial charge >= 0.3 is 0 Å². The summed E-state index contributed by atoms with van der Waals surface area (Å²) in [5.41, 5.74) is 1.54. The molecule has 0 saturated carbocycles. The summed E-state index contributed by atoms with van der Waals surface area (Å²) in [5, 5.41) is 19.9. The fourth-order valence-corrected chi connectivity index (χ4v) is 3.11. The van der Waals surface area contributed by atoms with E-state index in [1.165, 1.54) is 16.8 Å². The van der Waals surface area contributed by atoms with Crippen molar-refractivity contribution in [2.24, 2.45) is 5.14 Å². The Bertz CT molecular complexity index is 793. The topological polar surface area (TPSA) is 121 Å². The zero-order valence-electron chi connectivity index (χ0n) is 11.5. The summed E-state index contributed by atoms with van der Waals surface area (Å²) < 4.78 is 24.5. The van der Waals surface area contributed by atoms with Gasteiger partial charge in [0.2, 0.25) is 10.0 Å². The summed E-state index contributed by atoms with van der Waals surface area (Å²) in [6.07, 6.45) is 0. The van der Waals surface area contributed by atoms with Gasteiger partial charge in [0.15, 0.2) is 0 Å². The second kappa shape index (κ2) is 5.26. The van der Waals surface area contributed by atoms with E-state index in [2.05, 4.69) is 5.10 Å². The van der Waals surface area contributed by atoms with Crippen molar-refractivity contribution in [1.82, 2.24) is 9.78 Å². The highest BCUT2D eigenvalue weighted by atomic mass is 32.2. The molecule has 0 fully saturated rings. The lowest BCUT2D eigenvalue weighted by Crippen LogP contribution is -2.14. The Hall–Kier alpha value is -2.26. The molecule has 0 bridgehead atoms. The van der Waals surface area contributed by atoms with Gasteiger partial charge in [-0.1, -0.05) is 12.1 Å². The van der Waals surface area contributed by atoms with Crippen molar-refractivity contribution in [1.29, 1.82) is 0 Å². The summed E-state index contributed by atoms with van der Waals surface area (Å²) in [6.45, 7) is 3.49. The van der Waals surface area contributed by atoms with E-state index in [1.807, 2.05) is 0 Å². The number of non-ortho nitro benzene ring substituents is 1. The fourth-order valence-electron chi connectivity index (χ4n) is 2.14. The van der Waals surface area contributed by atoms with E-state index < -0.39 is 14.9 Å². The van der Waals surface area contributed by atoms with Crippen molar-refractivity contribution in [3.05, 3.63) is 51.3 Å². The molecule has 0 aliphatic heterocycles. The van der Waals surface area contributed by atoms with E-state index >= 15 is 0 Å². The first-order chi connectivity index (χ1) is 9.70. The molecule has 0 amide bonds. The highest BCUT2D eigenvalue weighted by Crippen LogP contribution is 2.19. The maximum Gasteiger partial charge on any atom is 0.269 e. The van der Waals surface area contributed by atoms with Crippen LogP contribution in [0, 0.1) is 24.0 Å². The fraction of sp³-hybridized carbons (Fsp3) is 0.250. The van der Waals surface area contributed by atoms with Crippen LogP contribution in [-0.2, 0) is 16.6 Å². The molecule has 8 nitrogen and oxygen atoms in total. The van der Waals surface area contributed by atoms with Gasteiger partial charge in [-0.3, -0.25) is 14.8 Å². The Morgan fingerprint density at radius 2 is 1.86 bits per heavy atom.